The Labute approximate surface area is 334 Å². The van der Waals surface area contributed by atoms with E-state index in [1.807, 2.05) is 112 Å². The van der Waals surface area contributed by atoms with Crippen molar-refractivity contribution in [3.05, 3.63) is 109 Å². The maximum atomic E-state index is 14.8. The molecule has 1 aliphatic heterocycles. The van der Waals surface area contributed by atoms with E-state index in [0.717, 1.165) is 42.4 Å². The van der Waals surface area contributed by atoms with Crippen LogP contribution in [0.2, 0.25) is 0 Å². The highest BCUT2D eigenvalue weighted by atomic mass is 16.6. The highest BCUT2D eigenvalue weighted by Gasteiger charge is 2.62. The molecule has 0 spiro atoms. The van der Waals surface area contributed by atoms with Crippen LogP contribution in [-0.2, 0) is 30.3 Å². The summed E-state index contributed by atoms with van der Waals surface area (Å²) < 4.78 is 11.5. The maximum Gasteiger partial charge on any atom is 0.408 e. The van der Waals surface area contributed by atoms with Gasteiger partial charge >= 0.3 is 12.1 Å². The fourth-order valence-corrected chi connectivity index (χ4v) is 8.00. The molecule has 3 fully saturated rings. The molecule has 2 saturated carbocycles. The summed E-state index contributed by atoms with van der Waals surface area (Å²) in [7, 11) is 0. The molecule has 1 saturated heterocycles. The topological polar surface area (TPSA) is 145 Å². The first kappa shape index (κ1) is 39.5. The van der Waals surface area contributed by atoms with E-state index in [0.29, 0.717) is 24.2 Å². The van der Waals surface area contributed by atoms with E-state index >= 15 is 0 Å². The van der Waals surface area contributed by atoms with Gasteiger partial charge in [-0.2, -0.15) is 15.0 Å². The maximum absolute atomic E-state index is 14.8. The van der Waals surface area contributed by atoms with Crippen molar-refractivity contribution < 1.29 is 28.7 Å². The number of amides is 3. The number of alkyl carbamates (subject to hydrolysis) is 1. The van der Waals surface area contributed by atoms with Gasteiger partial charge in [-0.1, -0.05) is 118 Å². The molecule has 298 valence electrons. The second-order valence-corrected chi connectivity index (χ2v) is 16.5. The first-order valence-corrected chi connectivity index (χ1v) is 20.0. The first-order chi connectivity index (χ1) is 27.5. The minimum Gasteiger partial charge on any atom is -0.464 e. The van der Waals surface area contributed by atoms with Crippen LogP contribution in [0, 0.1) is 11.3 Å². The lowest BCUT2D eigenvalue weighted by atomic mass is 9.85. The Kier molecular flexibility index (Phi) is 11.6. The fourth-order valence-electron chi connectivity index (χ4n) is 8.00. The van der Waals surface area contributed by atoms with Gasteiger partial charge in [-0.15, -0.1) is 6.58 Å². The second kappa shape index (κ2) is 16.8. The summed E-state index contributed by atoms with van der Waals surface area (Å²) in [5.74, 6) is -1.82. The second-order valence-electron chi connectivity index (χ2n) is 16.5. The Morgan fingerprint density at radius 1 is 0.895 bits per heavy atom. The highest BCUT2D eigenvalue weighted by molar-refractivity contribution is 5.96. The average molecular weight is 773 g/mol. The molecule has 57 heavy (non-hydrogen) atoms. The number of benzene rings is 3. The molecule has 2 heterocycles. The van der Waals surface area contributed by atoms with Gasteiger partial charge in [0.25, 0.3) is 0 Å². The van der Waals surface area contributed by atoms with Gasteiger partial charge in [-0.05, 0) is 43.1 Å². The number of nitrogens with one attached hydrogen (secondary N) is 2. The molecule has 5 unspecified atom stereocenters. The number of hydrogen-bond acceptors (Lipinski definition) is 8. The van der Waals surface area contributed by atoms with Crippen molar-refractivity contribution in [3.63, 3.8) is 0 Å². The number of carbonyl (C=O) groups excluding carboxylic acids is 4. The molecule has 3 aliphatic rings. The molecule has 1 aromatic heterocycles. The van der Waals surface area contributed by atoms with Crippen LogP contribution in [0.4, 0.5) is 4.79 Å². The minimum absolute atomic E-state index is 0.0827. The molecule has 7 rings (SSSR count). The Morgan fingerprint density at radius 3 is 2.02 bits per heavy atom. The lowest BCUT2D eigenvalue weighted by molar-refractivity contribution is -0.150. The van der Waals surface area contributed by atoms with E-state index in [1.54, 1.807) is 10.9 Å². The normalized spacial score (nSPS) is 22.4. The third kappa shape index (κ3) is 8.80. The van der Waals surface area contributed by atoms with E-state index in [-0.39, 0.29) is 31.6 Å². The number of carbonyl (C=O) groups is 4. The SMILES string of the molecule is C=CC1CC1(NC(=O)C1CC(n2nc(-c3ccccc3)c(-c3ccccc3)n2)CN1C(=O)C(NC(=O)OC1CCCC1)C(C)(C)C)C(=O)OCCc1ccccc1. The first-order valence-electron chi connectivity index (χ1n) is 20.0. The third-order valence-corrected chi connectivity index (χ3v) is 11.3. The summed E-state index contributed by atoms with van der Waals surface area (Å²) in [6.07, 6.45) is 5.35. The summed E-state index contributed by atoms with van der Waals surface area (Å²) in [5.41, 5.74) is 2.05. The van der Waals surface area contributed by atoms with Crippen LogP contribution in [-0.4, -0.2) is 80.6 Å². The van der Waals surface area contributed by atoms with Crippen LogP contribution in [0.3, 0.4) is 0 Å². The third-order valence-electron chi connectivity index (χ3n) is 11.3. The zero-order chi connectivity index (χ0) is 40.2. The number of rotatable bonds is 13. The number of aromatic nitrogens is 3. The molecule has 0 radical (unpaired) electrons. The summed E-state index contributed by atoms with van der Waals surface area (Å²) in [4.78, 5) is 59.4. The minimum atomic E-state index is -1.31. The largest absolute Gasteiger partial charge is 0.464 e. The Morgan fingerprint density at radius 2 is 1.47 bits per heavy atom. The van der Waals surface area contributed by atoms with Crippen LogP contribution in [0.25, 0.3) is 22.5 Å². The molecular weight excluding hydrogens is 721 g/mol. The molecule has 3 amide bonds. The molecule has 5 atom stereocenters. The lowest BCUT2D eigenvalue weighted by Gasteiger charge is -2.35. The number of nitrogens with zero attached hydrogens (tertiary/aromatic N) is 4. The molecule has 2 N–H and O–H groups in total. The highest BCUT2D eigenvalue weighted by Crippen LogP contribution is 2.46. The number of ether oxygens (including phenoxy) is 2. The van der Waals surface area contributed by atoms with E-state index in [1.165, 1.54) is 4.90 Å². The van der Waals surface area contributed by atoms with E-state index in [4.69, 9.17) is 19.7 Å². The van der Waals surface area contributed by atoms with Crippen LogP contribution < -0.4 is 10.6 Å². The molecule has 4 aromatic rings. The molecular formula is C45H52N6O6. The van der Waals surface area contributed by atoms with Gasteiger partial charge in [-0.3, -0.25) is 9.59 Å². The summed E-state index contributed by atoms with van der Waals surface area (Å²) in [6, 6.07) is 26.6. The number of likely N-dealkylation sites (tertiary alicyclic amines) is 1. The van der Waals surface area contributed by atoms with Crippen LogP contribution in [0.5, 0.6) is 0 Å². The van der Waals surface area contributed by atoms with Crippen molar-refractivity contribution in [2.45, 2.75) is 95.5 Å². The Bertz CT molecular complexity index is 2000. The zero-order valence-corrected chi connectivity index (χ0v) is 32.9. The number of hydrogen-bond donors (Lipinski definition) is 2. The summed E-state index contributed by atoms with van der Waals surface area (Å²) in [5, 5.41) is 15.8. The summed E-state index contributed by atoms with van der Waals surface area (Å²) >= 11 is 0. The van der Waals surface area contributed by atoms with Crippen molar-refractivity contribution in [2.24, 2.45) is 11.3 Å². The van der Waals surface area contributed by atoms with Gasteiger partial charge in [0.2, 0.25) is 11.8 Å². The fraction of sp³-hybridized carbons (Fsp3) is 0.422. The molecule has 12 heteroatoms. The molecule has 12 nitrogen and oxygen atoms in total. The van der Waals surface area contributed by atoms with Crippen LogP contribution >= 0.6 is 0 Å². The van der Waals surface area contributed by atoms with Crippen molar-refractivity contribution in [1.29, 1.82) is 0 Å². The van der Waals surface area contributed by atoms with Gasteiger partial charge in [0.05, 0.1) is 12.6 Å². The van der Waals surface area contributed by atoms with E-state index < -0.39 is 53.0 Å². The lowest BCUT2D eigenvalue weighted by Crippen LogP contribution is -2.59. The van der Waals surface area contributed by atoms with Gasteiger partial charge < -0.3 is 25.0 Å². The Hall–Kier alpha value is -5.78. The average Bonchev–Trinajstić information content (AvgIpc) is 3.63. The monoisotopic (exact) mass is 772 g/mol. The van der Waals surface area contributed by atoms with Crippen LogP contribution in [0.1, 0.15) is 70.9 Å². The van der Waals surface area contributed by atoms with E-state index in [9.17, 15) is 19.2 Å². The molecule has 2 aliphatic carbocycles. The summed E-state index contributed by atoms with van der Waals surface area (Å²) in [6.45, 7) is 9.72. The predicted molar refractivity (Wildman–Crippen MR) is 215 cm³/mol. The molecule has 3 aromatic carbocycles. The standard InChI is InChI=1S/C45H52N6O6/c1-5-33-28-45(33,42(54)56-26-25-30-17-9-6-10-18-30)47-40(52)36-27-34(29-50(36)41(53)39(44(2,3)4)46-43(55)57-35-23-15-16-24-35)51-48-37(31-19-11-7-12-20-31)38(49-51)32-21-13-8-14-22-32/h5-14,17-22,33-36,39H,1,15-16,23-29H2,2-4H3,(H,46,55)(H,47,52). The smallest absolute Gasteiger partial charge is 0.408 e. The quantitative estimate of drug-likeness (QED) is 0.113. The number of esters is 1. The predicted octanol–water partition coefficient (Wildman–Crippen LogP) is 6.68. The van der Waals surface area contributed by atoms with Gasteiger partial charge in [0.15, 0.2) is 0 Å². The van der Waals surface area contributed by atoms with Crippen molar-refractivity contribution in [1.82, 2.24) is 30.5 Å². The van der Waals surface area contributed by atoms with Gasteiger partial charge in [0.1, 0.15) is 35.1 Å². The van der Waals surface area contributed by atoms with Crippen molar-refractivity contribution >= 4 is 23.9 Å². The van der Waals surface area contributed by atoms with Crippen molar-refractivity contribution in [2.75, 3.05) is 13.2 Å². The zero-order valence-electron chi connectivity index (χ0n) is 32.9. The van der Waals surface area contributed by atoms with Gasteiger partial charge in [-0.25, -0.2) is 9.59 Å². The van der Waals surface area contributed by atoms with Crippen molar-refractivity contribution in [3.8, 4) is 22.5 Å². The van der Waals surface area contributed by atoms with Crippen LogP contribution in [0.15, 0.2) is 104 Å². The van der Waals surface area contributed by atoms with Gasteiger partial charge in [0, 0.05) is 36.4 Å². The molecule has 0 bridgehead atoms. The van der Waals surface area contributed by atoms with E-state index in [2.05, 4.69) is 17.2 Å². The Balaban J connectivity index is 1.18.